The molecule has 1 saturated carbocycles. The first-order valence-corrected chi connectivity index (χ1v) is 6.40. The average molecular weight is 213 g/mol. The van der Waals surface area contributed by atoms with Gasteiger partial charge in [-0.15, -0.1) is 0 Å². The van der Waals surface area contributed by atoms with Gasteiger partial charge in [-0.3, -0.25) is 0 Å². The highest BCUT2D eigenvalue weighted by atomic mass is 16.5. The van der Waals surface area contributed by atoms with Gasteiger partial charge in [-0.05, 0) is 52.5 Å². The van der Waals surface area contributed by atoms with Crippen LogP contribution in [0.3, 0.4) is 0 Å². The Balaban J connectivity index is 2.28. The summed E-state index contributed by atoms with van der Waals surface area (Å²) in [7, 11) is 0. The molecule has 1 unspecified atom stereocenters. The van der Waals surface area contributed by atoms with Crippen LogP contribution in [-0.2, 0) is 4.74 Å². The second-order valence-electron chi connectivity index (χ2n) is 5.67. The molecule has 0 radical (unpaired) electrons. The lowest BCUT2D eigenvalue weighted by Crippen LogP contribution is -2.44. The third kappa shape index (κ3) is 4.98. The van der Waals surface area contributed by atoms with Crippen molar-refractivity contribution in [2.24, 2.45) is 5.92 Å². The minimum Gasteiger partial charge on any atom is -0.374 e. The Bertz CT molecular complexity index is 170. The van der Waals surface area contributed by atoms with Crippen LogP contribution in [0.25, 0.3) is 0 Å². The molecule has 1 aliphatic carbocycles. The standard InChI is InChI=1S/C13H27NO/c1-5-9-14-12(11-7-6-8-11)10-15-13(2,3)4/h11-12,14H,5-10H2,1-4H3. The normalized spacial score (nSPS) is 20.0. The summed E-state index contributed by atoms with van der Waals surface area (Å²) in [5.41, 5.74) is -0.00408. The number of rotatable bonds is 6. The van der Waals surface area contributed by atoms with Crippen LogP contribution < -0.4 is 5.32 Å². The number of hydrogen-bond donors (Lipinski definition) is 1. The van der Waals surface area contributed by atoms with Crippen LogP contribution in [0.1, 0.15) is 53.4 Å². The molecule has 90 valence electrons. The monoisotopic (exact) mass is 213 g/mol. The van der Waals surface area contributed by atoms with Crippen molar-refractivity contribution >= 4 is 0 Å². The molecule has 1 aliphatic rings. The molecule has 1 rings (SSSR count). The van der Waals surface area contributed by atoms with Gasteiger partial charge in [0.1, 0.15) is 0 Å². The fourth-order valence-electron chi connectivity index (χ4n) is 1.87. The van der Waals surface area contributed by atoms with E-state index in [1.54, 1.807) is 0 Å². The Morgan fingerprint density at radius 1 is 1.33 bits per heavy atom. The highest BCUT2D eigenvalue weighted by molar-refractivity contribution is 4.83. The first kappa shape index (κ1) is 13.0. The molecule has 1 fully saturated rings. The van der Waals surface area contributed by atoms with Gasteiger partial charge in [0.25, 0.3) is 0 Å². The molecular weight excluding hydrogens is 186 g/mol. The minimum absolute atomic E-state index is 0.00408. The Labute approximate surface area is 94.8 Å². The molecule has 0 heterocycles. The van der Waals surface area contributed by atoms with Crippen LogP contribution >= 0.6 is 0 Å². The van der Waals surface area contributed by atoms with E-state index in [0.29, 0.717) is 6.04 Å². The Hall–Kier alpha value is -0.0800. The highest BCUT2D eigenvalue weighted by Crippen LogP contribution is 2.30. The van der Waals surface area contributed by atoms with E-state index in [1.165, 1.54) is 25.7 Å². The van der Waals surface area contributed by atoms with Crippen molar-refractivity contribution in [3.05, 3.63) is 0 Å². The molecule has 0 aromatic carbocycles. The average Bonchev–Trinajstić information content (AvgIpc) is 2.05. The summed E-state index contributed by atoms with van der Waals surface area (Å²) >= 11 is 0. The second kappa shape index (κ2) is 5.86. The van der Waals surface area contributed by atoms with Crippen molar-refractivity contribution in [1.29, 1.82) is 0 Å². The third-order valence-corrected chi connectivity index (χ3v) is 3.07. The maximum absolute atomic E-state index is 5.88. The lowest BCUT2D eigenvalue weighted by molar-refractivity contribution is -0.0281. The van der Waals surface area contributed by atoms with Crippen molar-refractivity contribution in [3.8, 4) is 0 Å². The molecule has 2 heteroatoms. The van der Waals surface area contributed by atoms with Gasteiger partial charge in [0.05, 0.1) is 12.2 Å². The van der Waals surface area contributed by atoms with Crippen molar-refractivity contribution in [2.75, 3.05) is 13.2 Å². The maximum Gasteiger partial charge on any atom is 0.0629 e. The first-order valence-electron chi connectivity index (χ1n) is 6.40. The zero-order chi connectivity index (χ0) is 11.3. The van der Waals surface area contributed by atoms with Crippen molar-refractivity contribution in [1.82, 2.24) is 5.32 Å². The van der Waals surface area contributed by atoms with Crippen LogP contribution in [0.15, 0.2) is 0 Å². The van der Waals surface area contributed by atoms with E-state index in [4.69, 9.17) is 4.74 Å². The van der Waals surface area contributed by atoms with Crippen LogP contribution in [-0.4, -0.2) is 24.8 Å². The van der Waals surface area contributed by atoms with E-state index in [-0.39, 0.29) is 5.60 Å². The minimum atomic E-state index is -0.00408. The summed E-state index contributed by atoms with van der Waals surface area (Å²) in [6, 6.07) is 0.581. The molecule has 0 saturated heterocycles. The van der Waals surface area contributed by atoms with Gasteiger partial charge >= 0.3 is 0 Å². The molecule has 1 N–H and O–H groups in total. The third-order valence-electron chi connectivity index (χ3n) is 3.07. The number of ether oxygens (including phenoxy) is 1. The lowest BCUT2D eigenvalue weighted by atomic mass is 9.80. The summed E-state index contributed by atoms with van der Waals surface area (Å²) in [5.74, 6) is 0.860. The van der Waals surface area contributed by atoms with Gasteiger partial charge in [0, 0.05) is 6.04 Å². The summed E-state index contributed by atoms with van der Waals surface area (Å²) < 4.78 is 5.88. The van der Waals surface area contributed by atoms with E-state index in [9.17, 15) is 0 Å². The van der Waals surface area contributed by atoms with E-state index >= 15 is 0 Å². The van der Waals surface area contributed by atoms with Crippen LogP contribution in [0.2, 0.25) is 0 Å². The zero-order valence-electron chi connectivity index (χ0n) is 10.8. The Kier molecular flexibility index (Phi) is 5.07. The molecule has 0 aliphatic heterocycles. The Morgan fingerprint density at radius 3 is 2.40 bits per heavy atom. The van der Waals surface area contributed by atoms with Gasteiger partial charge in [-0.25, -0.2) is 0 Å². The fraction of sp³-hybridized carbons (Fsp3) is 1.00. The predicted octanol–water partition coefficient (Wildman–Crippen LogP) is 2.97. The highest BCUT2D eigenvalue weighted by Gasteiger charge is 2.28. The molecule has 0 spiro atoms. The molecule has 0 amide bonds. The molecular formula is C13H27NO. The number of nitrogens with one attached hydrogen (secondary N) is 1. The zero-order valence-corrected chi connectivity index (χ0v) is 10.8. The summed E-state index contributed by atoms with van der Waals surface area (Å²) in [5, 5.41) is 3.62. The van der Waals surface area contributed by atoms with Crippen LogP contribution in [0.4, 0.5) is 0 Å². The van der Waals surface area contributed by atoms with Crippen LogP contribution in [0.5, 0.6) is 0 Å². The van der Waals surface area contributed by atoms with Gasteiger partial charge in [0.2, 0.25) is 0 Å². The second-order valence-corrected chi connectivity index (χ2v) is 5.67. The van der Waals surface area contributed by atoms with Crippen molar-refractivity contribution in [3.63, 3.8) is 0 Å². The van der Waals surface area contributed by atoms with E-state index in [0.717, 1.165) is 19.1 Å². The first-order chi connectivity index (χ1) is 7.03. The smallest absolute Gasteiger partial charge is 0.0629 e. The van der Waals surface area contributed by atoms with E-state index in [2.05, 4.69) is 33.0 Å². The van der Waals surface area contributed by atoms with Crippen molar-refractivity contribution in [2.45, 2.75) is 65.0 Å². The van der Waals surface area contributed by atoms with Gasteiger partial charge in [0.15, 0.2) is 0 Å². The lowest BCUT2D eigenvalue weighted by Gasteiger charge is -2.36. The summed E-state index contributed by atoms with van der Waals surface area (Å²) in [4.78, 5) is 0. The number of hydrogen-bond acceptors (Lipinski definition) is 2. The topological polar surface area (TPSA) is 21.3 Å². The molecule has 1 atom stereocenters. The van der Waals surface area contributed by atoms with Gasteiger partial charge in [-0.1, -0.05) is 13.3 Å². The largest absolute Gasteiger partial charge is 0.374 e. The predicted molar refractivity (Wildman–Crippen MR) is 65.1 cm³/mol. The van der Waals surface area contributed by atoms with Crippen molar-refractivity contribution < 1.29 is 4.74 Å². The Morgan fingerprint density at radius 2 is 2.00 bits per heavy atom. The van der Waals surface area contributed by atoms with Crippen LogP contribution in [0, 0.1) is 5.92 Å². The molecule has 0 aromatic heterocycles. The quantitative estimate of drug-likeness (QED) is 0.732. The molecule has 0 aromatic rings. The molecule has 2 nitrogen and oxygen atoms in total. The van der Waals surface area contributed by atoms with E-state index in [1.807, 2.05) is 0 Å². The molecule has 15 heavy (non-hydrogen) atoms. The summed E-state index contributed by atoms with van der Waals surface area (Å²) in [6.45, 7) is 10.6. The van der Waals surface area contributed by atoms with E-state index < -0.39 is 0 Å². The molecule has 0 bridgehead atoms. The van der Waals surface area contributed by atoms with Gasteiger partial charge in [-0.2, -0.15) is 0 Å². The summed E-state index contributed by atoms with van der Waals surface area (Å²) in [6.07, 6.45) is 5.38. The SMILES string of the molecule is CCCNC(COC(C)(C)C)C1CCC1. The fourth-order valence-corrected chi connectivity index (χ4v) is 1.87. The maximum atomic E-state index is 5.88. The van der Waals surface area contributed by atoms with Gasteiger partial charge < -0.3 is 10.1 Å².